The number of hydrogen-bond acceptors (Lipinski definition) is 5. The second-order valence-corrected chi connectivity index (χ2v) is 5.59. The Kier molecular flexibility index (Phi) is 5.51. The summed E-state index contributed by atoms with van der Waals surface area (Å²) in [5.74, 6) is 0. The van der Waals surface area contributed by atoms with Crippen molar-refractivity contribution in [2.24, 2.45) is 5.10 Å². The van der Waals surface area contributed by atoms with Gasteiger partial charge >= 0.3 is 0 Å². The monoisotopic (exact) mass is 364 g/mol. The molecule has 6 nitrogen and oxygen atoms in total. The maximum Gasteiger partial charge on any atom is 0.163 e. The summed E-state index contributed by atoms with van der Waals surface area (Å²) in [7, 11) is 3.97. The van der Waals surface area contributed by atoms with Crippen LogP contribution < -0.4 is 15.6 Å². The third kappa shape index (κ3) is 4.28. The van der Waals surface area contributed by atoms with Crippen LogP contribution in [0.5, 0.6) is 0 Å². The van der Waals surface area contributed by atoms with Crippen molar-refractivity contribution in [3.63, 3.8) is 0 Å². The van der Waals surface area contributed by atoms with E-state index >= 15 is 0 Å². The van der Waals surface area contributed by atoms with E-state index in [2.05, 4.69) is 26.5 Å². The Balaban J connectivity index is 2.05. The first-order valence-corrected chi connectivity index (χ1v) is 7.37. The fourth-order valence-corrected chi connectivity index (χ4v) is 2.12. The van der Waals surface area contributed by atoms with E-state index in [1.54, 1.807) is 12.1 Å². The lowest BCUT2D eigenvalue weighted by Gasteiger charge is -2.12. The zero-order valence-electron chi connectivity index (χ0n) is 12.2. The van der Waals surface area contributed by atoms with Crippen LogP contribution >= 0.6 is 15.9 Å². The van der Waals surface area contributed by atoms with Gasteiger partial charge in [-0.1, -0.05) is 12.1 Å². The molecule has 0 radical (unpaired) electrons. The maximum atomic E-state index is 10.8. The molecule has 3 N–H and O–H groups in total. The molecule has 0 saturated heterocycles. The fourth-order valence-electron chi connectivity index (χ4n) is 1.76. The van der Waals surface area contributed by atoms with E-state index in [4.69, 9.17) is 5.21 Å². The molecule has 0 fully saturated rings. The highest BCUT2D eigenvalue weighted by Crippen LogP contribution is 2.16. The van der Waals surface area contributed by atoms with Gasteiger partial charge in [0.05, 0.1) is 5.69 Å². The van der Waals surface area contributed by atoms with Crippen LogP contribution in [-0.4, -0.2) is 23.9 Å². The van der Waals surface area contributed by atoms with E-state index in [0.29, 0.717) is 10.3 Å². The lowest BCUT2D eigenvalue weighted by atomic mass is 10.2. The quantitative estimate of drug-likeness (QED) is 0.562. The zero-order chi connectivity index (χ0) is 16.1. The van der Waals surface area contributed by atoms with Crippen LogP contribution in [0.4, 0.5) is 17.1 Å². The van der Waals surface area contributed by atoms with Crippen molar-refractivity contribution >= 4 is 37.6 Å². The van der Waals surface area contributed by atoms with Crippen LogP contribution in [0.3, 0.4) is 0 Å². The standard InChI is InChI=1S/C15H17BrN4O2/c1-19(2)13-7-3-11(4-8-13)15(16)18-17-12-5-9-14(10-6-12)20(21)22/h3-10,17,20-21H,1-2H3. The highest BCUT2D eigenvalue weighted by Gasteiger charge is 2.02. The van der Waals surface area contributed by atoms with Gasteiger partial charge in [-0.25, -0.2) is 5.21 Å². The minimum absolute atomic E-state index is 0.243. The molecule has 0 aromatic heterocycles. The summed E-state index contributed by atoms with van der Waals surface area (Å²) in [6, 6.07) is 14.3. The molecule has 0 saturated carbocycles. The van der Waals surface area contributed by atoms with Gasteiger partial charge in [0, 0.05) is 37.5 Å². The number of nitrogens with zero attached hydrogens (tertiary/aromatic N) is 2. The van der Waals surface area contributed by atoms with Gasteiger partial charge in [-0.2, -0.15) is 10.3 Å². The molecule has 116 valence electrons. The molecule has 2 aromatic carbocycles. The van der Waals surface area contributed by atoms with Crippen molar-refractivity contribution in [3.05, 3.63) is 59.3 Å². The molecule has 0 aliphatic carbocycles. The SMILES string of the molecule is CN(C)c1ccc(C(Br)=NNc2ccc([NH+]([O-])O)cc2)cc1. The third-order valence-electron chi connectivity index (χ3n) is 3.04. The first-order chi connectivity index (χ1) is 10.5. The lowest BCUT2D eigenvalue weighted by molar-refractivity contribution is -0.991. The molecular weight excluding hydrogens is 348 g/mol. The van der Waals surface area contributed by atoms with E-state index in [0.717, 1.165) is 11.3 Å². The predicted molar refractivity (Wildman–Crippen MR) is 92.1 cm³/mol. The molecule has 0 aliphatic rings. The number of anilines is 2. The summed E-state index contributed by atoms with van der Waals surface area (Å²) < 4.78 is 0.667. The van der Waals surface area contributed by atoms with Crippen molar-refractivity contribution in [2.75, 3.05) is 24.4 Å². The van der Waals surface area contributed by atoms with Crippen molar-refractivity contribution in [1.82, 2.24) is 0 Å². The summed E-state index contributed by atoms with van der Waals surface area (Å²) in [5, 5.41) is 22.9. The molecule has 0 bridgehead atoms. The van der Waals surface area contributed by atoms with Gasteiger partial charge in [0.1, 0.15) is 4.62 Å². The molecule has 0 amide bonds. The van der Waals surface area contributed by atoms with E-state index in [1.807, 2.05) is 43.3 Å². The summed E-state index contributed by atoms with van der Waals surface area (Å²) >= 11 is 3.42. The smallest absolute Gasteiger partial charge is 0.163 e. The molecule has 7 heteroatoms. The van der Waals surface area contributed by atoms with Crippen LogP contribution in [0, 0.1) is 5.21 Å². The second kappa shape index (κ2) is 7.37. The van der Waals surface area contributed by atoms with E-state index in [1.165, 1.54) is 12.1 Å². The molecular formula is C15H17BrN4O2. The predicted octanol–water partition coefficient (Wildman–Crippen LogP) is 2.32. The number of hydrazone groups is 1. The summed E-state index contributed by atoms with van der Waals surface area (Å²) in [6.45, 7) is 0. The van der Waals surface area contributed by atoms with Crippen LogP contribution in [0.2, 0.25) is 0 Å². The summed E-state index contributed by atoms with van der Waals surface area (Å²) in [5.41, 5.74) is 5.90. The van der Waals surface area contributed by atoms with Crippen LogP contribution in [0.25, 0.3) is 0 Å². The molecule has 1 unspecified atom stereocenters. The summed E-state index contributed by atoms with van der Waals surface area (Å²) in [6.07, 6.45) is 0. The van der Waals surface area contributed by atoms with Crippen LogP contribution in [0.15, 0.2) is 53.6 Å². The molecule has 0 heterocycles. The molecule has 0 aliphatic heterocycles. The van der Waals surface area contributed by atoms with Crippen molar-refractivity contribution < 1.29 is 10.4 Å². The topological polar surface area (TPSA) is 75.4 Å². The molecule has 0 spiro atoms. The average Bonchev–Trinajstić information content (AvgIpc) is 2.53. The van der Waals surface area contributed by atoms with E-state index in [-0.39, 0.29) is 5.69 Å². The van der Waals surface area contributed by atoms with Gasteiger partial charge in [-0.15, -0.1) is 0 Å². The van der Waals surface area contributed by atoms with Gasteiger partial charge in [-0.3, -0.25) is 5.43 Å². The Hall–Kier alpha value is -1.93. The molecule has 2 rings (SSSR count). The highest BCUT2D eigenvalue weighted by molar-refractivity contribution is 9.18. The maximum absolute atomic E-state index is 10.8. The Labute approximate surface area is 137 Å². The second-order valence-electron chi connectivity index (χ2n) is 4.84. The number of rotatable bonds is 5. The van der Waals surface area contributed by atoms with E-state index in [9.17, 15) is 5.21 Å². The van der Waals surface area contributed by atoms with Gasteiger partial charge < -0.3 is 10.1 Å². The number of halogens is 1. The minimum Gasteiger partial charge on any atom is -0.595 e. The third-order valence-corrected chi connectivity index (χ3v) is 3.67. The van der Waals surface area contributed by atoms with Crippen molar-refractivity contribution in [1.29, 1.82) is 0 Å². The van der Waals surface area contributed by atoms with Gasteiger partial charge in [-0.05, 0) is 40.2 Å². The van der Waals surface area contributed by atoms with Crippen LogP contribution in [0.1, 0.15) is 5.56 Å². The van der Waals surface area contributed by atoms with Crippen molar-refractivity contribution in [2.45, 2.75) is 0 Å². The number of hydrogen-bond donors (Lipinski definition) is 3. The fraction of sp³-hybridized carbons (Fsp3) is 0.133. The zero-order valence-corrected chi connectivity index (χ0v) is 13.8. The minimum atomic E-state index is -0.947. The van der Waals surface area contributed by atoms with Gasteiger partial charge in [0.25, 0.3) is 0 Å². The van der Waals surface area contributed by atoms with Gasteiger partial charge in [0.15, 0.2) is 5.69 Å². The Morgan fingerprint density at radius 3 is 2.23 bits per heavy atom. The Morgan fingerprint density at radius 1 is 1.14 bits per heavy atom. The number of quaternary nitrogens is 1. The van der Waals surface area contributed by atoms with Crippen LogP contribution in [-0.2, 0) is 0 Å². The Bertz CT molecular complexity index is 640. The largest absolute Gasteiger partial charge is 0.595 e. The first kappa shape index (κ1) is 16.4. The molecule has 1 atom stereocenters. The first-order valence-electron chi connectivity index (χ1n) is 6.57. The Morgan fingerprint density at radius 2 is 1.73 bits per heavy atom. The lowest BCUT2D eigenvalue weighted by Crippen LogP contribution is -2.99. The van der Waals surface area contributed by atoms with Gasteiger partial charge in [0.2, 0.25) is 0 Å². The average molecular weight is 365 g/mol. The summed E-state index contributed by atoms with van der Waals surface area (Å²) in [4.78, 5) is 2.02. The van der Waals surface area contributed by atoms with E-state index < -0.39 is 5.23 Å². The normalized spacial score (nSPS) is 12.9. The highest BCUT2D eigenvalue weighted by atomic mass is 79.9. The molecule has 2 aromatic rings. The number of benzene rings is 2. The van der Waals surface area contributed by atoms with Crippen molar-refractivity contribution in [3.8, 4) is 0 Å². The number of nitrogens with one attached hydrogen (secondary N) is 2. The molecule has 22 heavy (non-hydrogen) atoms.